The molecule has 2 aromatic rings. The van der Waals surface area contributed by atoms with E-state index in [-0.39, 0.29) is 5.88 Å². The van der Waals surface area contributed by atoms with Crippen molar-refractivity contribution in [1.82, 2.24) is 10.2 Å². The molecule has 0 saturated heterocycles. The zero-order valence-electron chi connectivity index (χ0n) is 7.44. The fourth-order valence-corrected chi connectivity index (χ4v) is 1.24. The molecular formula is C9H8N2O3. The van der Waals surface area contributed by atoms with Gasteiger partial charge in [-0.15, -0.1) is 5.10 Å². The lowest BCUT2D eigenvalue weighted by molar-refractivity contribution is 0.0601. The SMILES string of the molecule is COC(=O)c1ccc2[nH]nc(O)c2c1. The predicted molar refractivity (Wildman–Crippen MR) is 49.1 cm³/mol. The first-order chi connectivity index (χ1) is 6.72. The number of nitrogens with one attached hydrogen (secondary N) is 1. The molecule has 5 heteroatoms. The molecule has 0 amide bonds. The lowest BCUT2D eigenvalue weighted by Gasteiger charge is -1.98. The van der Waals surface area contributed by atoms with E-state index in [1.54, 1.807) is 12.1 Å². The van der Waals surface area contributed by atoms with Crippen molar-refractivity contribution in [2.24, 2.45) is 0 Å². The van der Waals surface area contributed by atoms with Gasteiger partial charge in [-0.3, -0.25) is 5.10 Å². The third-order valence-electron chi connectivity index (χ3n) is 1.96. The second kappa shape index (κ2) is 3.02. The van der Waals surface area contributed by atoms with Gasteiger partial charge in [0.15, 0.2) is 0 Å². The summed E-state index contributed by atoms with van der Waals surface area (Å²) in [5.41, 5.74) is 1.06. The lowest BCUT2D eigenvalue weighted by atomic mass is 10.1. The average molecular weight is 192 g/mol. The number of esters is 1. The number of hydrogen-bond acceptors (Lipinski definition) is 4. The first-order valence-corrected chi connectivity index (χ1v) is 3.98. The van der Waals surface area contributed by atoms with Crippen molar-refractivity contribution in [3.63, 3.8) is 0 Å². The number of aromatic nitrogens is 2. The van der Waals surface area contributed by atoms with Crippen LogP contribution >= 0.6 is 0 Å². The first kappa shape index (κ1) is 8.55. The summed E-state index contributed by atoms with van der Waals surface area (Å²) in [5.74, 6) is -0.557. The van der Waals surface area contributed by atoms with Gasteiger partial charge in [0.2, 0.25) is 5.88 Å². The lowest BCUT2D eigenvalue weighted by Crippen LogP contribution is -2.00. The number of aromatic hydroxyl groups is 1. The van der Waals surface area contributed by atoms with Gasteiger partial charge in [-0.1, -0.05) is 0 Å². The molecule has 2 N–H and O–H groups in total. The number of fused-ring (bicyclic) bond motifs is 1. The highest BCUT2D eigenvalue weighted by Gasteiger charge is 2.09. The molecule has 0 bridgehead atoms. The van der Waals surface area contributed by atoms with Crippen LogP contribution in [0.4, 0.5) is 0 Å². The van der Waals surface area contributed by atoms with Crippen LogP contribution in [0, 0.1) is 0 Å². The number of carbonyl (C=O) groups is 1. The Labute approximate surface area is 79.3 Å². The Morgan fingerprint density at radius 3 is 3.07 bits per heavy atom. The second-order valence-electron chi connectivity index (χ2n) is 2.80. The molecule has 2 rings (SSSR count). The number of methoxy groups -OCH3 is 1. The van der Waals surface area contributed by atoms with E-state index in [0.717, 1.165) is 0 Å². The Hall–Kier alpha value is -2.04. The monoisotopic (exact) mass is 192 g/mol. The molecule has 14 heavy (non-hydrogen) atoms. The van der Waals surface area contributed by atoms with Crippen LogP contribution in [0.5, 0.6) is 5.88 Å². The van der Waals surface area contributed by atoms with Crippen molar-refractivity contribution in [3.8, 4) is 5.88 Å². The van der Waals surface area contributed by atoms with E-state index >= 15 is 0 Å². The number of carbonyl (C=O) groups excluding carboxylic acids is 1. The fraction of sp³-hybridized carbons (Fsp3) is 0.111. The van der Waals surface area contributed by atoms with Crippen molar-refractivity contribution >= 4 is 16.9 Å². The molecule has 0 aliphatic heterocycles. The minimum atomic E-state index is -0.437. The van der Waals surface area contributed by atoms with Crippen molar-refractivity contribution in [3.05, 3.63) is 23.8 Å². The topological polar surface area (TPSA) is 75.2 Å². The van der Waals surface area contributed by atoms with Gasteiger partial charge in [0, 0.05) is 0 Å². The molecule has 0 radical (unpaired) electrons. The highest BCUT2D eigenvalue weighted by Crippen LogP contribution is 2.22. The molecule has 0 unspecified atom stereocenters. The van der Waals surface area contributed by atoms with Gasteiger partial charge in [0.25, 0.3) is 0 Å². The predicted octanol–water partition coefficient (Wildman–Crippen LogP) is 1.06. The Bertz CT molecular complexity index is 490. The van der Waals surface area contributed by atoms with E-state index in [1.165, 1.54) is 13.2 Å². The molecule has 5 nitrogen and oxygen atoms in total. The summed E-state index contributed by atoms with van der Waals surface area (Å²) < 4.78 is 4.55. The van der Waals surface area contributed by atoms with Gasteiger partial charge in [-0.05, 0) is 18.2 Å². The zero-order valence-corrected chi connectivity index (χ0v) is 7.44. The summed E-state index contributed by atoms with van der Waals surface area (Å²) in [7, 11) is 1.31. The maximum atomic E-state index is 11.2. The summed E-state index contributed by atoms with van der Waals surface area (Å²) >= 11 is 0. The Morgan fingerprint density at radius 1 is 1.57 bits per heavy atom. The van der Waals surface area contributed by atoms with E-state index in [4.69, 9.17) is 0 Å². The minimum absolute atomic E-state index is 0.120. The summed E-state index contributed by atoms with van der Waals surface area (Å²) in [6.45, 7) is 0. The second-order valence-corrected chi connectivity index (χ2v) is 2.80. The van der Waals surface area contributed by atoms with Crippen molar-refractivity contribution in [2.75, 3.05) is 7.11 Å². The number of H-pyrrole nitrogens is 1. The number of hydrogen-bond donors (Lipinski definition) is 2. The van der Waals surface area contributed by atoms with Crippen LogP contribution in [0.1, 0.15) is 10.4 Å². The van der Waals surface area contributed by atoms with Crippen LogP contribution in [0.25, 0.3) is 10.9 Å². The first-order valence-electron chi connectivity index (χ1n) is 3.98. The molecule has 0 spiro atoms. The van der Waals surface area contributed by atoms with Crippen LogP contribution < -0.4 is 0 Å². The van der Waals surface area contributed by atoms with Gasteiger partial charge in [-0.2, -0.15) is 0 Å². The normalized spacial score (nSPS) is 10.4. The molecule has 0 fully saturated rings. The van der Waals surface area contributed by atoms with Gasteiger partial charge in [0.1, 0.15) is 0 Å². The van der Waals surface area contributed by atoms with Crippen LogP contribution in [0.3, 0.4) is 0 Å². The van der Waals surface area contributed by atoms with E-state index in [9.17, 15) is 9.90 Å². The summed E-state index contributed by atoms with van der Waals surface area (Å²) in [5, 5.41) is 16.0. The maximum Gasteiger partial charge on any atom is 0.337 e. The van der Waals surface area contributed by atoms with Gasteiger partial charge < -0.3 is 9.84 Å². The van der Waals surface area contributed by atoms with E-state index < -0.39 is 5.97 Å². The summed E-state index contributed by atoms with van der Waals surface area (Å²) in [4.78, 5) is 11.2. The molecule has 0 aliphatic rings. The number of nitrogens with zero attached hydrogens (tertiary/aromatic N) is 1. The van der Waals surface area contributed by atoms with E-state index in [0.29, 0.717) is 16.5 Å². The summed E-state index contributed by atoms with van der Waals surface area (Å²) in [6, 6.07) is 4.79. The Morgan fingerprint density at radius 2 is 2.36 bits per heavy atom. The highest BCUT2D eigenvalue weighted by atomic mass is 16.5. The maximum absolute atomic E-state index is 11.2. The zero-order chi connectivity index (χ0) is 10.1. The molecule has 0 atom stereocenters. The van der Waals surface area contributed by atoms with Crippen molar-refractivity contribution < 1.29 is 14.6 Å². The van der Waals surface area contributed by atoms with Crippen LogP contribution in [-0.4, -0.2) is 28.4 Å². The van der Waals surface area contributed by atoms with Crippen LogP contribution in [0.2, 0.25) is 0 Å². The number of benzene rings is 1. The highest BCUT2D eigenvalue weighted by molar-refractivity contribution is 5.95. The number of ether oxygens (including phenoxy) is 1. The summed E-state index contributed by atoms with van der Waals surface area (Å²) in [6.07, 6.45) is 0. The standard InChI is InChI=1S/C9H8N2O3/c1-14-9(13)5-2-3-7-6(4-5)8(12)11-10-7/h2-4H,1H3,(H2,10,11,12). The van der Waals surface area contributed by atoms with Gasteiger partial charge >= 0.3 is 5.97 Å². The largest absolute Gasteiger partial charge is 0.492 e. The minimum Gasteiger partial charge on any atom is -0.492 e. The third kappa shape index (κ3) is 1.19. The van der Waals surface area contributed by atoms with Crippen LogP contribution in [-0.2, 0) is 4.74 Å². The van der Waals surface area contributed by atoms with Gasteiger partial charge in [-0.25, -0.2) is 4.79 Å². The molecule has 1 aromatic heterocycles. The van der Waals surface area contributed by atoms with Crippen LogP contribution in [0.15, 0.2) is 18.2 Å². The molecule has 0 aliphatic carbocycles. The molecule has 1 aromatic carbocycles. The van der Waals surface area contributed by atoms with Gasteiger partial charge in [0.05, 0.1) is 23.6 Å². The molecule has 0 saturated carbocycles. The number of aromatic amines is 1. The van der Waals surface area contributed by atoms with E-state index in [1.807, 2.05) is 0 Å². The van der Waals surface area contributed by atoms with E-state index in [2.05, 4.69) is 14.9 Å². The molecule has 1 heterocycles. The van der Waals surface area contributed by atoms with Crippen molar-refractivity contribution in [2.45, 2.75) is 0 Å². The third-order valence-corrected chi connectivity index (χ3v) is 1.96. The smallest absolute Gasteiger partial charge is 0.337 e. The van der Waals surface area contributed by atoms with Crippen molar-refractivity contribution in [1.29, 1.82) is 0 Å². The quantitative estimate of drug-likeness (QED) is 0.662. The average Bonchev–Trinajstić information content (AvgIpc) is 2.59. The number of rotatable bonds is 1. The Balaban J connectivity index is 2.60. The molecule has 72 valence electrons. The Kier molecular flexibility index (Phi) is 1.85. The fourth-order valence-electron chi connectivity index (χ4n) is 1.24. The molecular weight excluding hydrogens is 184 g/mol.